The molecule has 0 fully saturated rings. The van der Waals surface area contributed by atoms with Crippen molar-refractivity contribution in [2.24, 2.45) is 0 Å². The van der Waals surface area contributed by atoms with E-state index in [1.807, 2.05) is 0 Å². The molecule has 2 atom stereocenters. The van der Waals surface area contributed by atoms with E-state index < -0.39 is 6.10 Å². The van der Waals surface area contributed by atoms with Gasteiger partial charge in [0.05, 0.1) is 25.4 Å². The molecule has 83 heavy (non-hydrogen) atoms. The van der Waals surface area contributed by atoms with Crippen molar-refractivity contribution < 1.29 is 29.3 Å². The number of unbranched alkanes of at least 4 members (excludes halogenated alkanes) is 46. The molecule has 0 saturated carbocycles. The fourth-order valence-corrected chi connectivity index (χ4v) is 12.0. The van der Waals surface area contributed by atoms with Crippen LogP contribution in [0, 0.1) is 0 Å². The fourth-order valence-electron chi connectivity index (χ4n) is 12.0. The summed E-state index contributed by atoms with van der Waals surface area (Å²) in [6, 6.07) is 0. The molecular weight excluding hydrogens is 1030 g/mol. The van der Waals surface area contributed by atoms with Crippen molar-refractivity contribution in [3.63, 3.8) is 0 Å². The van der Waals surface area contributed by atoms with Gasteiger partial charge in [0, 0.05) is 32.5 Å². The average Bonchev–Trinajstić information content (AvgIpc) is 3.47. The molecular formula is C74H149N3O6. The third-order valence-corrected chi connectivity index (χ3v) is 17.6. The zero-order valence-corrected chi connectivity index (χ0v) is 56.7. The molecule has 0 heterocycles. The third-order valence-electron chi connectivity index (χ3n) is 17.6. The van der Waals surface area contributed by atoms with Crippen LogP contribution in [0.2, 0.25) is 0 Å². The van der Waals surface area contributed by atoms with Crippen molar-refractivity contribution in [2.75, 3.05) is 65.6 Å². The molecule has 0 aliphatic heterocycles. The Balaban J connectivity index is 4.94. The Morgan fingerprint density at radius 1 is 0.313 bits per heavy atom. The van der Waals surface area contributed by atoms with Gasteiger partial charge in [-0.05, 0) is 90.5 Å². The molecule has 0 aromatic carbocycles. The van der Waals surface area contributed by atoms with Crippen LogP contribution in [0.4, 0.5) is 0 Å². The second-order valence-corrected chi connectivity index (χ2v) is 26.2. The molecule has 0 saturated heterocycles. The van der Waals surface area contributed by atoms with Crippen molar-refractivity contribution in [3.05, 3.63) is 0 Å². The van der Waals surface area contributed by atoms with Gasteiger partial charge in [-0.15, -0.1) is 0 Å². The van der Waals surface area contributed by atoms with Crippen LogP contribution in [-0.4, -0.2) is 110 Å². The second kappa shape index (κ2) is 69.8. The Labute approximate surface area is 519 Å². The molecule has 0 aromatic rings. The van der Waals surface area contributed by atoms with Crippen molar-refractivity contribution >= 4 is 11.9 Å². The number of nitrogens with zero attached hydrogens (tertiary/aromatic N) is 2. The number of hydrogen-bond donors (Lipinski definition) is 3. The van der Waals surface area contributed by atoms with Gasteiger partial charge in [-0.3, -0.25) is 9.59 Å². The molecule has 3 N–H and O–H groups in total. The molecule has 0 aliphatic rings. The first-order chi connectivity index (χ1) is 40.9. The van der Waals surface area contributed by atoms with Crippen LogP contribution in [0.15, 0.2) is 0 Å². The van der Waals surface area contributed by atoms with E-state index in [0.717, 1.165) is 103 Å². The molecule has 0 aromatic heterocycles. The Hall–Kier alpha value is -1.26. The minimum absolute atomic E-state index is 0.0606. The van der Waals surface area contributed by atoms with Gasteiger partial charge in [0.15, 0.2) is 0 Å². The first kappa shape index (κ1) is 81.7. The summed E-state index contributed by atoms with van der Waals surface area (Å²) in [6.07, 6.45) is 68.6. The van der Waals surface area contributed by atoms with Gasteiger partial charge in [0.1, 0.15) is 0 Å². The van der Waals surface area contributed by atoms with E-state index >= 15 is 0 Å². The van der Waals surface area contributed by atoms with Crippen LogP contribution < -0.4 is 5.32 Å². The number of aliphatic hydroxyl groups is 2. The number of rotatable bonds is 72. The fraction of sp³-hybridized carbons (Fsp3) is 0.973. The largest absolute Gasteiger partial charge is 0.466 e. The number of esters is 2. The SMILES string of the molecule is CCCCCCCCCCCCCCCOC(=O)CCCNCC(O)CN(CCCCCCCCCCCCCC)CCCCN(CCCCCCCCCCCCCC)CC(O)CCCCCC(=O)OCCCCCCCCCCCC. The Bertz CT molecular complexity index is 1260. The highest BCUT2D eigenvalue weighted by atomic mass is 16.5. The Morgan fingerprint density at radius 3 is 0.892 bits per heavy atom. The number of hydrogen-bond acceptors (Lipinski definition) is 9. The van der Waals surface area contributed by atoms with Crippen LogP contribution in [0.25, 0.3) is 0 Å². The topological polar surface area (TPSA) is 112 Å². The maximum absolute atomic E-state index is 12.5. The lowest BCUT2D eigenvalue weighted by molar-refractivity contribution is -0.144. The number of aliphatic hydroxyl groups excluding tert-OH is 2. The maximum Gasteiger partial charge on any atom is 0.305 e. The minimum atomic E-state index is -0.452. The summed E-state index contributed by atoms with van der Waals surface area (Å²) < 4.78 is 11.1. The van der Waals surface area contributed by atoms with Crippen LogP contribution in [0.3, 0.4) is 0 Å². The van der Waals surface area contributed by atoms with E-state index in [0.29, 0.717) is 45.7 Å². The van der Waals surface area contributed by atoms with Crippen molar-refractivity contribution in [1.82, 2.24) is 15.1 Å². The van der Waals surface area contributed by atoms with Gasteiger partial charge < -0.3 is 34.8 Å². The van der Waals surface area contributed by atoms with Gasteiger partial charge in [-0.1, -0.05) is 317 Å². The highest BCUT2D eigenvalue weighted by molar-refractivity contribution is 5.69. The number of carbonyl (C=O) groups excluding carboxylic acids is 2. The number of nitrogens with one attached hydrogen (secondary N) is 1. The van der Waals surface area contributed by atoms with Crippen molar-refractivity contribution in [1.29, 1.82) is 0 Å². The summed E-state index contributed by atoms with van der Waals surface area (Å²) in [7, 11) is 0. The maximum atomic E-state index is 12.5. The molecule has 0 aliphatic carbocycles. The normalized spacial score (nSPS) is 12.5. The predicted octanol–water partition coefficient (Wildman–Crippen LogP) is 20.9. The smallest absolute Gasteiger partial charge is 0.305 e. The number of ether oxygens (including phenoxy) is 2. The molecule has 0 radical (unpaired) electrons. The second-order valence-electron chi connectivity index (χ2n) is 26.2. The third kappa shape index (κ3) is 66.5. The van der Waals surface area contributed by atoms with E-state index in [2.05, 4.69) is 42.8 Å². The van der Waals surface area contributed by atoms with Gasteiger partial charge >= 0.3 is 11.9 Å². The Morgan fingerprint density at radius 2 is 0.566 bits per heavy atom. The Kier molecular flexibility index (Phi) is 68.8. The monoisotopic (exact) mass is 1180 g/mol. The zero-order chi connectivity index (χ0) is 60.3. The van der Waals surface area contributed by atoms with Crippen LogP contribution >= 0.6 is 0 Å². The summed E-state index contributed by atoms with van der Waals surface area (Å²) in [5, 5.41) is 26.0. The van der Waals surface area contributed by atoms with E-state index in [9.17, 15) is 19.8 Å². The predicted molar refractivity (Wildman–Crippen MR) is 361 cm³/mol. The lowest BCUT2D eigenvalue weighted by Crippen LogP contribution is -2.40. The number of carbonyl (C=O) groups is 2. The first-order valence-electron chi connectivity index (χ1n) is 37.7. The van der Waals surface area contributed by atoms with E-state index in [1.54, 1.807) is 0 Å². The molecule has 0 rings (SSSR count). The molecule has 0 amide bonds. The van der Waals surface area contributed by atoms with Crippen LogP contribution in [-0.2, 0) is 19.1 Å². The van der Waals surface area contributed by atoms with Crippen LogP contribution in [0.1, 0.15) is 387 Å². The lowest BCUT2D eigenvalue weighted by Gasteiger charge is -2.27. The first-order valence-corrected chi connectivity index (χ1v) is 37.7. The molecule has 0 spiro atoms. The quantitative estimate of drug-likeness (QED) is 0.0405. The summed E-state index contributed by atoms with van der Waals surface area (Å²) >= 11 is 0. The van der Waals surface area contributed by atoms with Gasteiger partial charge in [-0.2, -0.15) is 0 Å². The molecule has 9 nitrogen and oxygen atoms in total. The summed E-state index contributed by atoms with van der Waals surface area (Å²) in [6.45, 7) is 16.9. The van der Waals surface area contributed by atoms with E-state index in [1.165, 1.54) is 276 Å². The lowest BCUT2D eigenvalue weighted by atomic mass is 10.0. The highest BCUT2D eigenvalue weighted by Crippen LogP contribution is 2.18. The van der Waals surface area contributed by atoms with Crippen LogP contribution in [0.5, 0.6) is 0 Å². The van der Waals surface area contributed by atoms with Gasteiger partial charge in [-0.25, -0.2) is 0 Å². The van der Waals surface area contributed by atoms with Crippen molar-refractivity contribution in [2.45, 2.75) is 399 Å². The molecule has 496 valence electrons. The zero-order valence-electron chi connectivity index (χ0n) is 56.7. The highest BCUT2D eigenvalue weighted by Gasteiger charge is 2.15. The summed E-state index contributed by atoms with van der Waals surface area (Å²) in [5.74, 6) is -0.156. The van der Waals surface area contributed by atoms with E-state index in [4.69, 9.17) is 9.47 Å². The standard InChI is InChI=1S/C74H149N3O6/c1-5-9-13-17-21-25-29-32-35-39-43-47-56-67-83-74(81)60-57-61-75-68-72(79)70-77(63-52-45-41-37-34-31-27-23-19-15-11-7-3)65-54-53-64-76(62-51-44-40-36-33-30-26-22-18-14-10-6-2)69-71(78)58-49-48-50-59-73(80)82-66-55-46-42-38-28-24-20-16-12-8-4/h71-72,75,78-79H,5-70H2,1-4H3. The van der Waals surface area contributed by atoms with E-state index in [-0.39, 0.29) is 18.0 Å². The van der Waals surface area contributed by atoms with Gasteiger partial charge in [0.25, 0.3) is 0 Å². The molecule has 9 heteroatoms. The summed E-state index contributed by atoms with van der Waals surface area (Å²) in [4.78, 5) is 29.9. The van der Waals surface area contributed by atoms with Crippen molar-refractivity contribution in [3.8, 4) is 0 Å². The minimum Gasteiger partial charge on any atom is -0.466 e. The molecule has 2 unspecified atom stereocenters. The average molecular weight is 1180 g/mol. The van der Waals surface area contributed by atoms with Gasteiger partial charge in [0.2, 0.25) is 0 Å². The molecule has 0 bridgehead atoms. The summed E-state index contributed by atoms with van der Waals surface area (Å²) in [5.41, 5.74) is 0.